The Kier molecular flexibility index (Phi) is 3.64. The molecule has 0 bridgehead atoms. The number of nitriles is 1. The van der Waals surface area contributed by atoms with E-state index in [2.05, 4.69) is 14.9 Å². The first-order chi connectivity index (χ1) is 9.03. The van der Waals surface area contributed by atoms with E-state index >= 15 is 0 Å². The standard InChI is InChI=1S/C11H7ClN4O2S/c12-9-6-8(7-13)3-4-10(9)19(17,18)16-11-2-1-5-14-15-11/h1-6H,(H,15,16). The molecule has 0 fully saturated rings. The number of sulfonamides is 1. The van der Waals surface area contributed by atoms with Gasteiger partial charge in [0, 0.05) is 6.20 Å². The highest BCUT2D eigenvalue weighted by Crippen LogP contribution is 2.24. The number of hydrogen-bond acceptors (Lipinski definition) is 5. The Morgan fingerprint density at radius 2 is 2.11 bits per heavy atom. The molecule has 0 aliphatic carbocycles. The van der Waals surface area contributed by atoms with Crippen molar-refractivity contribution in [3.8, 4) is 6.07 Å². The maximum atomic E-state index is 12.1. The average Bonchev–Trinajstić information content (AvgIpc) is 2.38. The second-order valence-corrected chi connectivity index (χ2v) is 5.53. The molecule has 0 saturated carbocycles. The molecule has 6 nitrogen and oxygen atoms in total. The second kappa shape index (κ2) is 5.22. The maximum Gasteiger partial charge on any atom is 0.264 e. The monoisotopic (exact) mass is 294 g/mol. The molecule has 19 heavy (non-hydrogen) atoms. The first kappa shape index (κ1) is 13.3. The molecule has 0 aliphatic rings. The molecule has 0 spiro atoms. The summed E-state index contributed by atoms with van der Waals surface area (Å²) in [6.07, 6.45) is 1.42. The third-order valence-electron chi connectivity index (χ3n) is 2.16. The van der Waals surface area contributed by atoms with Gasteiger partial charge >= 0.3 is 0 Å². The van der Waals surface area contributed by atoms with Crippen molar-refractivity contribution in [3.05, 3.63) is 47.1 Å². The number of rotatable bonds is 3. The highest BCUT2D eigenvalue weighted by molar-refractivity contribution is 7.92. The van der Waals surface area contributed by atoms with Gasteiger partial charge in [-0.1, -0.05) is 11.6 Å². The van der Waals surface area contributed by atoms with Crippen LogP contribution < -0.4 is 4.72 Å². The van der Waals surface area contributed by atoms with Gasteiger partial charge in [-0.2, -0.15) is 10.4 Å². The van der Waals surface area contributed by atoms with Crippen molar-refractivity contribution >= 4 is 27.4 Å². The van der Waals surface area contributed by atoms with Crippen LogP contribution in [0.25, 0.3) is 0 Å². The predicted molar refractivity (Wildman–Crippen MR) is 69.0 cm³/mol. The van der Waals surface area contributed by atoms with Crippen LogP contribution in [0.15, 0.2) is 41.4 Å². The van der Waals surface area contributed by atoms with Crippen LogP contribution in [0, 0.1) is 11.3 Å². The molecule has 1 N–H and O–H groups in total. The Labute approximate surface area is 114 Å². The number of aromatic nitrogens is 2. The van der Waals surface area contributed by atoms with Gasteiger partial charge in [-0.05, 0) is 30.3 Å². The molecule has 96 valence electrons. The Morgan fingerprint density at radius 1 is 1.32 bits per heavy atom. The fourth-order valence-corrected chi connectivity index (χ4v) is 2.88. The molecule has 0 amide bonds. The van der Waals surface area contributed by atoms with Crippen LogP contribution >= 0.6 is 11.6 Å². The van der Waals surface area contributed by atoms with E-state index < -0.39 is 10.0 Å². The van der Waals surface area contributed by atoms with E-state index in [1.165, 1.54) is 30.5 Å². The van der Waals surface area contributed by atoms with E-state index in [-0.39, 0.29) is 21.3 Å². The number of benzene rings is 1. The smallest absolute Gasteiger partial charge is 0.262 e. The van der Waals surface area contributed by atoms with E-state index in [1.807, 2.05) is 6.07 Å². The number of halogens is 1. The summed E-state index contributed by atoms with van der Waals surface area (Å²) in [5, 5.41) is 15.8. The molecule has 1 heterocycles. The zero-order valence-corrected chi connectivity index (χ0v) is 11.0. The summed E-state index contributed by atoms with van der Waals surface area (Å²) in [5.74, 6) is 0.0860. The molecule has 1 aromatic carbocycles. The highest BCUT2D eigenvalue weighted by atomic mass is 35.5. The summed E-state index contributed by atoms with van der Waals surface area (Å²) in [6, 6.07) is 8.80. The minimum Gasteiger partial charge on any atom is -0.262 e. The van der Waals surface area contributed by atoms with Gasteiger partial charge in [-0.25, -0.2) is 8.42 Å². The minimum atomic E-state index is -3.86. The quantitative estimate of drug-likeness (QED) is 0.931. The average molecular weight is 295 g/mol. The van der Waals surface area contributed by atoms with E-state index in [1.54, 1.807) is 6.07 Å². The molecular formula is C11H7ClN4O2S. The van der Waals surface area contributed by atoms with E-state index in [9.17, 15) is 8.42 Å². The van der Waals surface area contributed by atoms with Crippen molar-refractivity contribution in [1.29, 1.82) is 5.26 Å². The largest absolute Gasteiger partial charge is 0.264 e. The van der Waals surface area contributed by atoms with E-state index in [0.29, 0.717) is 0 Å². The van der Waals surface area contributed by atoms with Gasteiger partial charge in [-0.3, -0.25) is 4.72 Å². The molecule has 0 atom stereocenters. The molecular weight excluding hydrogens is 288 g/mol. The first-order valence-electron chi connectivity index (χ1n) is 5.03. The van der Waals surface area contributed by atoms with Crippen molar-refractivity contribution in [3.63, 3.8) is 0 Å². The van der Waals surface area contributed by atoms with Crippen LogP contribution in [-0.2, 0) is 10.0 Å². The number of hydrogen-bond donors (Lipinski definition) is 1. The summed E-state index contributed by atoms with van der Waals surface area (Å²) >= 11 is 5.85. The highest BCUT2D eigenvalue weighted by Gasteiger charge is 2.18. The second-order valence-electron chi connectivity index (χ2n) is 3.47. The van der Waals surface area contributed by atoms with Gasteiger partial charge < -0.3 is 0 Å². The van der Waals surface area contributed by atoms with Gasteiger partial charge in [0.05, 0.1) is 16.7 Å². The summed E-state index contributed by atoms with van der Waals surface area (Å²) in [4.78, 5) is -0.126. The molecule has 0 unspecified atom stereocenters. The molecule has 8 heteroatoms. The van der Waals surface area contributed by atoms with E-state index in [4.69, 9.17) is 16.9 Å². The lowest BCUT2D eigenvalue weighted by molar-refractivity contribution is 0.601. The lowest BCUT2D eigenvalue weighted by Gasteiger charge is -2.08. The zero-order valence-electron chi connectivity index (χ0n) is 9.41. The van der Waals surface area contributed by atoms with Crippen molar-refractivity contribution in [1.82, 2.24) is 10.2 Å². The van der Waals surface area contributed by atoms with Gasteiger partial charge in [-0.15, -0.1) is 5.10 Å². The van der Waals surface area contributed by atoms with E-state index in [0.717, 1.165) is 0 Å². The lowest BCUT2D eigenvalue weighted by Crippen LogP contribution is -2.14. The minimum absolute atomic E-state index is 0.0320. The van der Waals surface area contributed by atoms with Crippen LogP contribution in [0.2, 0.25) is 5.02 Å². The maximum absolute atomic E-state index is 12.1. The van der Waals surface area contributed by atoms with Crippen LogP contribution in [0.1, 0.15) is 5.56 Å². The van der Waals surface area contributed by atoms with Crippen LogP contribution in [-0.4, -0.2) is 18.6 Å². The summed E-state index contributed by atoms with van der Waals surface area (Å²) < 4.78 is 26.4. The van der Waals surface area contributed by atoms with Crippen LogP contribution in [0.4, 0.5) is 5.82 Å². The van der Waals surface area contributed by atoms with Crippen molar-refractivity contribution in [2.75, 3.05) is 4.72 Å². The predicted octanol–water partition coefficient (Wildman–Crippen LogP) is 1.80. The van der Waals surface area contributed by atoms with Gasteiger partial charge in [0.25, 0.3) is 10.0 Å². The lowest BCUT2D eigenvalue weighted by atomic mass is 10.2. The summed E-state index contributed by atoms with van der Waals surface area (Å²) in [6.45, 7) is 0. The van der Waals surface area contributed by atoms with Gasteiger partial charge in [0.2, 0.25) is 0 Å². The van der Waals surface area contributed by atoms with Gasteiger partial charge in [0.1, 0.15) is 4.90 Å². The molecule has 1 aromatic heterocycles. The third-order valence-corrected chi connectivity index (χ3v) is 4.00. The van der Waals surface area contributed by atoms with Crippen molar-refractivity contribution in [2.45, 2.75) is 4.90 Å². The Hall–Kier alpha value is -2.17. The Bertz CT molecular complexity index is 741. The number of anilines is 1. The fourth-order valence-electron chi connectivity index (χ4n) is 1.34. The Balaban J connectivity index is 2.38. The normalized spacial score (nSPS) is 10.7. The third kappa shape index (κ3) is 2.99. The fraction of sp³-hybridized carbons (Fsp3) is 0. The molecule has 0 aliphatic heterocycles. The number of nitrogens with zero attached hydrogens (tertiary/aromatic N) is 3. The topological polar surface area (TPSA) is 95.7 Å². The Morgan fingerprint density at radius 3 is 2.68 bits per heavy atom. The first-order valence-corrected chi connectivity index (χ1v) is 6.89. The van der Waals surface area contributed by atoms with Crippen LogP contribution in [0.5, 0.6) is 0 Å². The molecule has 2 rings (SSSR count). The zero-order chi connectivity index (χ0) is 13.9. The van der Waals surface area contributed by atoms with Crippen molar-refractivity contribution in [2.24, 2.45) is 0 Å². The number of nitrogens with one attached hydrogen (secondary N) is 1. The van der Waals surface area contributed by atoms with Crippen molar-refractivity contribution < 1.29 is 8.42 Å². The van der Waals surface area contributed by atoms with Crippen LogP contribution in [0.3, 0.4) is 0 Å². The SMILES string of the molecule is N#Cc1ccc(S(=O)(=O)Nc2cccnn2)c(Cl)c1. The molecule has 2 aromatic rings. The molecule has 0 radical (unpaired) electrons. The summed E-state index contributed by atoms with van der Waals surface area (Å²) in [7, 11) is -3.86. The van der Waals surface area contributed by atoms with Gasteiger partial charge in [0.15, 0.2) is 5.82 Å². The molecule has 0 saturated heterocycles. The summed E-state index contributed by atoms with van der Waals surface area (Å²) in [5.41, 5.74) is 0.281.